The van der Waals surface area contributed by atoms with Gasteiger partial charge in [-0.25, -0.2) is 15.0 Å². The Morgan fingerprint density at radius 1 is 1.32 bits per heavy atom. The van der Waals surface area contributed by atoms with Crippen molar-refractivity contribution in [2.24, 2.45) is 0 Å². The number of fused-ring (bicyclic) bond motifs is 1. The molecule has 9 heteroatoms. The van der Waals surface area contributed by atoms with Crippen LogP contribution in [0.2, 0.25) is 0 Å². The summed E-state index contributed by atoms with van der Waals surface area (Å²) in [6, 6.07) is 7.82. The van der Waals surface area contributed by atoms with Crippen molar-refractivity contribution in [3.05, 3.63) is 48.6 Å². The monoisotopic (exact) mass is 422 g/mol. The highest BCUT2D eigenvalue weighted by Gasteiger charge is 2.28. The highest BCUT2D eigenvalue weighted by molar-refractivity contribution is 5.92. The highest BCUT2D eigenvalue weighted by atomic mass is 16.5. The molecule has 1 fully saturated rings. The van der Waals surface area contributed by atoms with Crippen LogP contribution in [0.4, 0.5) is 5.82 Å². The summed E-state index contributed by atoms with van der Waals surface area (Å²) < 4.78 is 6.17. The van der Waals surface area contributed by atoms with E-state index < -0.39 is 0 Å². The molecule has 0 spiro atoms. The first kappa shape index (κ1) is 20.8. The number of aliphatic hydroxyl groups is 1. The number of rotatable bonds is 9. The molecule has 1 atom stereocenters. The van der Waals surface area contributed by atoms with Gasteiger partial charge in [-0.05, 0) is 31.4 Å². The lowest BCUT2D eigenvalue weighted by atomic mass is 10.2. The largest absolute Gasteiger partial charge is 0.491 e. The standard InChI is InChI=1S/C22H26N6O3/c29-12-4-10-23-19(30)9-8-16-5-1-2-7-18(16)31-13-17-6-3-11-28(17)22-20-21(25-14-24-20)26-15-27-22/h1-2,5,7-9,14-15,17,29H,3-4,6,10-13H2,(H,23,30)(H,24,25,26,27). The lowest BCUT2D eigenvalue weighted by Gasteiger charge is -2.26. The van der Waals surface area contributed by atoms with Crippen LogP contribution in [0.3, 0.4) is 0 Å². The maximum Gasteiger partial charge on any atom is 0.244 e. The molecule has 0 bridgehead atoms. The summed E-state index contributed by atoms with van der Waals surface area (Å²) in [5.41, 5.74) is 2.33. The van der Waals surface area contributed by atoms with Crippen molar-refractivity contribution in [1.29, 1.82) is 0 Å². The molecule has 1 saturated heterocycles. The van der Waals surface area contributed by atoms with E-state index in [2.05, 4.69) is 30.2 Å². The van der Waals surface area contributed by atoms with Crippen molar-refractivity contribution in [1.82, 2.24) is 25.3 Å². The molecule has 1 aliphatic heterocycles. The smallest absolute Gasteiger partial charge is 0.244 e. The Morgan fingerprint density at radius 3 is 3.13 bits per heavy atom. The van der Waals surface area contributed by atoms with Gasteiger partial charge in [0.2, 0.25) is 5.91 Å². The Balaban J connectivity index is 1.42. The van der Waals surface area contributed by atoms with Crippen molar-refractivity contribution < 1.29 is 14.6 Å². The lowest BCUT2D eigenvalue weighted by Crippen LogP contribution is -2.35. The van der Waals surface area contributed by atoms with Gasteiger partial charge in [0.15, 0.2) is 11.5 Å². The summed E-state index contributed by atoms with van der Waals surface area (Å²) in [7, 11) is 0. The van der Waals surface area contributed by atoms with Gasteiger partial charge in [0.05, 0.1) is 12.4 Å². The van der Waals surface area contributed by atoms with Crippen molar-refractivity contribution in [2.75, 3.05) is 31.2 Å². The highest BCUT2D eigenvalue weighted by Crippen LogP contribution is 2.29. The number of amides is 1. The van der Waals surface area contributed by atoms with Crippen LogP contribution in [-0.2, 0) is 4.79 Å². The zero-order valence-corrected chi connectivity index (χ0v) is 17.2. The third-order valence-corrected chi connectivity index (χ3v) is 5.25. The van der Waals surface area contributed by atoms with E-state index in [9.17, 15) is 4.79 Å². The predicted molar refractivity (Wildman–Crippen MR) is 118 cm³/mol. The van der Waals surface area contributed by atoms with Gasteiger partial charge in [-0.2, -0.15) is 0 Å². The Hall–Kier alpha value is -3.46. The van der Waals surface area contributed by atoms with E-state index in [4.69, 9.17) is 9.84 Å². The molecule has 4 rings (SSSR count). The quantitative estimate of drug-likeness (QED) is 0.356. The molecule has 3 aromatic rings. The molecule has 3 heterocycles. The minimum Gasteiger partial charge on any atom is -0.491 e. The molecule has 1 amide bonds. The minimum absolute atomic E-state index is 0.0551. The number of hydrogen-bond acceptors (Lipinski definition) is 7. The number of ether oxygens (including phenoxy) is 1. The first-order chi connectivity index (χ1) is 15.3. The van der Waals surface area contributed by atoms with E-state index in [1.54, 1.807) is 18.7 Å². The average Bonchev–Trinajstić information content (AvgIpc) is 3.46. The number of anilines is 1. The van der Waals surface area contributed by atoms with Gasteiger partial charge in [-0.3, -0.25) is 4.79 Å². The van der Waals surface area contributed by atoms with Crippen molar-refractivity contribution >= 4 is 29.0 Å². The van der Waals surface area contributed by atoms with E-state index in [0.29, 0.717) is 19.6 Å². The molecular weight excluding hydrogens is 396 g/mol. The van der Waals surface area contributed by atoms with Gasteiger partial charge < -0.3 is 25.0 Å². The SMILES string of the molecule is O=C(C=Cc1ccccc1OCC1CCCN1c1ncnc2[nH]cnc12)NCCCO. The summed E-state index contributed by atoms with van der Waals surface area (Å²) >= 11 is 0. The predicted octanol–water partition coefficient (Wildman–Crippen LogP) is 1.91. The molecule has 162 valence electrons. The molecule has 0 radical (unpaired) electrons. The third-order valence-electron chi connectivity index (χ3n) is 5.25. The van der Waals surface area contributed by atoms with Gasteiger partial charge in [0, 0.05) is 31.3 Å². The van der Waals surface area contributed by atoms with Crippen LogP contribution in [0.1, 0.15) is 24.8 Å². The second kappa shape index (κ2) is 10.0. The molecule has 0 aliphatic carbocycles. The van der Waals surface area contributed by atoms with E-state index in [0.717, 1.165) is 47.7 Å². The molecular formula is C22H26N6O3. The van der Waals surface area contributed by atoms with Crippen LogP contribution in [0, 0.1) is 0 Å². The summed E-state index contributed by atoms with van der Waals surface area (Å²) in [4.78, 5) is 30.2. The first-order valence-corrected chi connectivity index (χ1v) is 10.5. The number of carbonyl (C=O) groups is 1. The number of nitrogens with one attached hydrogen (secondary N) is 2. The Kier molecular flexibility index (Phi) is 6.73. The van der Waals surface area contributed by atoms with E-state index >= 15 is 0 Å². The maximum absolute atomic E-state index is 11.9. The van der Waals surface area contributed by atoms with Gasteiger partial charge in [0.1, 0.15) is 24.2 Å². The number of aromatic nitrogens is 4. The van der Waals surface area contributed by atoms with Crippen LogP contribution < -0.4 is 15.0 Å². The summed E-state index contributed by atoms with van der Waals surface area (Å²) in [6.07, 6.45) is 9.00. The van der Waals surface area contributed by atoms with E-state index in [1.807, 2.05) is 24.3 Å². The van der Waals surface area contributed by atoms with Crippen molar-refractivity contribution in [3.63, 3.8) is 0 Å². The molecule has 2 aromatic heterocycles. The third kappa shape index (κ3) is 5.00. The average molecular weight is 422 g/mol. The number of aromatic amines is 1. The summed E-state index contributed by atoms with van der Waals surface area (Å²) in [5, 5.41) is 11.5. The normalized spacial score (nSPS) is 16.3. The van der Waals surface area contributed by atoms with Crippen LogP contribution in [-0.4, -0.2) is 63.3 Å². The molecule has 0 saturated carbocycles. The Morgan fingerprint density at radius 2 is 2.23 bits per heavy atom. The zero-order valence-electron chi connectivity index (χ0n) is 17.2. The number of aliphatic hydroxyl groups excluding tert-OH is 1. The fourth-order valence-electron chi connectivity index (χ4n) is 3.70. The van der Waals surface area contributed by atoms with Crippen LogP contribution in [0.25, 0.3) is 17.2 Å². The van der Waals surface area contributed by atoms with Crippen molar-refractivity contribution in [2.45, 2.75) is 25.3 Å². The minimum atomic E-state index is -0.197. The van der Waals surface area contributed by atoms with Gasteiger partial charge in [0.25, 0.3) is 0 Å². The number of nitrogens with zero attached hydrogens (tertiary/aromatic N) is 4. The molecule has 9 nitrogen and oxygen atoms in total. The second-order valence-corrected chi connectivity index (χ2v) is 7.34. The first-order valence-electron chi connectivity index (χ1n) is 10.5. The van der Waals surface area contributed by atoms with Gasteiger partial charge >= 0.3 is 0 Å². The summed E-state index contributed by atoms with van der Waals surface area (Å²) in [5.74, 6) is 1.35. The van der Waals surface area contributed by atoms with Crippen LogP contribution >= 0.6 is 0 Å². The summed E-state index contributed by atoms with van der Waals surface area (Å²) in [6.45, 7) is 1.90. The molecule has 1 unspecified atom stereocenters. The fourth-order valence-corrected chi connectivity index (χ4v) is 3.70. The maximum atomic E-state index is 11.9. The van der Waals surface area contributed by atoms with Gasteiger partial charge in [-0.15, -0.1) is 0 Å². The zero-order chi connectivity index (χ0) is 21.5. The lowest BCUT2D eigenvalue weighted by molar-refractivity contribution is -0.116. The van der Waals surface area contributed by atoms with Crippen LogP contribution in [0.15, 0.2) is 43.0 Å². The number of carbonyl (C=O) groups excluding carboxylic acids is 1. The number of para-hydroxylation sites is 1. The molecule has 31 heavy (non-hydrogen) atoms. The molecule has 1 aliphatic rings. The number of H-pyrrole nitrogens is 1. The molecule has 1 aromatic carbocycles. The topological polar surface area (TPSA) is 116 Å². The number of imidazole rings is 1. The Bertz CT molecular complexity index is 1050. The van der Waals surface area contributed by atoms with Gasteiger partial charge in [-0.1, -0.05) is 18.2 Å². The fraction of sp³-hybridized carbons (Fsp3) is 0.364. The van der Waals surface area contributed by atoms with Crippen molar-refractivity contribution in [3.8, 4) is 5.75 Å². The van der Waals surface area contributed by atoms with E-state index in [-0.39, 0.29) is 18.6 Å². The van der Waals surface area contributed by atoms with E-state index in [1.165, 1.54) is 6.08 Å². The molecule has 3 N–H and O–H groups in total. The second-order valence-electron chi connectivity index (χ2n) is 7.34. The number of hydrogen-bond donors (Lipinski definition) is 3. The number of benzene rings is 1. The Labute approximate surface area is 180 Å². The van der Waals surface area contributed by atoms with Crippen LogP contribution in [0.5, 0.6) is 5.75 Å².